The molecule has 0 spiro atoms. The van der Waals surface area contributed by atoms with Crippen molar-refractivity contribution in [1.29, 1.82) is 0 Å². The first kappa shape index (κ1) is 11.7. The molecule has 0 saturated heterocycles. The fourth-order valence-electron chi connectivity index (χ4n) is 1.39. The molecule has 90 valence electrons. The van der Waals surface area contributed by atoms with Crippen molar-refractivity contribution in [3.05, 3.63) is 28.0 Å². The Labute approximate surface area is 102 Å². The summed E-state index contributed by atoms with van der Waals surface area (Å²) in [4.78, 5) is 16.6. The van der Waals surface area contributed by atoms with Crippen molar-refractivity contribution in [2.45, 2.75) is 19.9 Å². The molecule has 2 rings (SSSR count). The van der Waals surface area contributed by atoms with Crippen LogP contribution in [0.25, 0.3) is 0 Å². The smallest absolute Gasteiger partial charge is 0.360 e. The van der Waals surface area contributed by atoms with Crippen LogP contribution in [0.1, 0.15) is 21.1 Å². The molecule has 2 heterocycles. The quantitative estimate of drug-likeness (QED) is 0.761. The number of thiazole rings is 1. The topological polar surface area (TPSA) is 69.9 Å². The van der Waals surface area contributed by atoms with Gasteiger partial charge in [-0.1, -0.05) is 5.21 Å². The molecule has 0 aromatic carbocycles. The Balaban J connectivity index is 1.98. The van der Waals surface area contributed by atoms with Gasteiger partial charge in [0.25, 0.3) is 0 Å². The van der Waals surface area contributed by atoms with Crippen LogP contribution in [-0.4, -0.2) is 33.1 Å². The monoisotopic (exact) mass is 252 g/mol. The summed E-state index contributed by atoms with van der Waals surface area (Å²) in [6.45, 7) is 2.65. The highest BCUT2D eigenvalue weighted by atomic mass is 32.1. The Bertz CT molecular complexity index is 520. The molecule has 0 N–H and O–H groups in total. The second kappa shape index (κ2) is 5.05. The van der Waals surface area contributed by atoms with Gasteiger partial charge in [-0.15, -0.1) is 16.4 Å². The van der Waals surface area contributed by atoms with Crippen LogP contribution in [0.15, 0.2) is 11.7 Å². The fourth-order valence-corrected chi connectivity index (χ4v) is 2.16. The van der Waals surface area contributed by atoms with Crippen LogP contribution in [-0.2, 0) is 17.7 Å². The number of aryl methyl sites for hydroxylation is 3. The molecule has 0 aliphatic rings. The highest BCUT2D eigenvalue weighted by molar-refractivity contribution is 7.09. The summed E-state index contributed by atoms with van der Waals surface area (Å²) >= 11 is 1.62. The van der Waals surface area contributed by atoms with Crippen molar-refractivity contribution in [2.75, 3.05) is 7.11 Å². The molecule has 0 bridgehead atoms. The third kappa shape index (κ3) is 2.68. The van der Waals surface area contributed by atoms with Gasteiger partial charge in [-0.25, -0.2) is 9.78 Å². The molecule has 0 amide bonds. The third-order valence-corrected chi connectivity index (χ3v) is 3.34. The van der Waals surface area contributed by atoms with Crippen molar-refractivity contribution < 1.29 is 9.53 Å². The van der Waals surface area contributed by atoms with E-state index in [2.05, 4.69) is 20.0 Å². The number of hydrogen-bond donors (Lipinski definition) is 0. The Morgan fingerprint density at radius 1 is 1.59 bits per heavy atom. The molecule has 2 aromatic heterocycles. The first-order valence-corrected chi connectivity index (χ1v) is 5.96. The van der Waals surface area contributed by atoms with Gasteiger partial charge >= 0.3 is 5.97 Å². The van der Waals surface area contributed by atoms with E-state index >= 15 is 0 Å². The minimum Gasteiger partial charge on any atom is -0.464 e. The number of aromatic nitrogens is 4. The number of hydrogen-bond acceptors (Lipinski definition) is 6. The lowest BCUT2D eigenvalue weighted by Crippen LogP contribution is -2.02. The normalized spacial score (nSPS) is 10.5. The van der Waals surface area contributed by atoms with E-state index in [0.717, 1.165) is 12.1 Å². The Kier molecular flexibility index (Phi) is 3.48. The number of rotatable bonds is 4. The van der Waals surface area contributed by atoms with E-state index in [-0.39, 0.29) is 5.69 Å². The van der Waals surface area contributed by atoms with E-state index < -0.39 is 5.97 Å². The van der Waals surface area contributed by atoms with Crippen LogP contribution in [0.2, 0.25) is 0 Å². The third-order valence-electron chi connectivity index (χ3n) is 2.35. The van der Waals surface area contributed by atoms with Crippen LogP contribution >= 0.6 is 11.3 Å². The number of ether oxygens (including phenoxy) is 1. The molecule has 2 aromatic rings. The van der Waals surface area contributed by atoms with E-state index in [9.17, 15) is 4.79 Å². The second-order valence-corrected chi connectivity index (χ2v) is 4.41. The number of nitrogens with zero attached hydrogens (tertiary/aromatic N) is 4. The summed E-state index contributed by atoms with van der Waals surface area (Å²) in [5, 5.41) is 7.60. The number of carbonyl (C=O) groups is 1. The standard InChI is InChI=1S/C10H12N4O2S/c1-7-9(17-6-11-7)3-4-14-5-8(12-13-14)10(15)16-2/h5-6H,3-4H2,1-2H3. The molecule has 0 unspecified atom stereocenters. The zero-order valence-corrected chi connectivity index (χ0v) is 10.4. The van der Waals surface area contributed by atoms with E-state index in [1.807, 2.05) is 12.4 Å². The maximum Gasteiger partial charge on any atom is 0.360 e. The van der Waals surface area contributed by atoms with Crippen molar-refractivity contribution in [3.8, 4) is 0 Å². The highest BCUT2D eigenvalue weighted by Crippen LogP contribution is 2.13. The molecule has 6 nitrogen and oxygen atoms in total. The first-order valence-electron chi connectivity index (χ1n) is 5.08. The van der Waals surface area contributed by atoms with Crippen LogP contribution in [0.5, 0.6) is 0 Å². The van der Waals surface area contributed by atoms with Gasteiger partial charge in [0.1, 0.15) is 0 Å². The summed E-state index contributed by atoms with van der Waals surface area (Å²) < 4.78 is 6.19. The Morgan fingerprint density at radius 3 is 3.06 bits per heavy atom. The summed E-state index contributed by atoms with van der Waals surface area (Å²) in [7, 11) is 1.32. The van der Waals surface area contributed by atoms with Gasteiger partial charge in [0.2, 0.25) is 0 Å². The second-order valence-electron chi connectivity index (χ2n) is 3.47. The number of esters is 1. The van der Waals surface area contributed by atoms with Gasteiger partial charge in [-0.05, 0) is 6.92 Å². The van der Waals surface area contributed by atoms with Gasteiger partial charge < -0.3 is 4.74 Å². The fraction of sp³-hybridized carbons (Fsp3) is 0.400. The maximum atomic E-state index is 11.2. The predicted molar refractivity (Wildman–Crippen MR) is 61.9 cm³/mol. The molecule has 0 atom stereocenters. The molecule has 17 heavy (non-hydrogen) atoms. The average Bonchev–Trinajstić information content (AvgIpc) is 2.94. The summed E-state index contributed by atoms with van der Waals surface area (Å²) in [5.41, 5.74) is 3.10. The molecule has 0 aliphatic heterocycles. The summed E-state index contributed by atoms with van der Waals surface area (Å²) in [5.74, 6) is -0.467. The molecular weight excluding hydrogens is 240 g/mol. The predicted octanol–water partition coefficient (Wildman–Crippen LogP) is 1.07. The lowest BCUT2D eigenvalue weighted by atomic mass is 10.3. The lowest BCUT2D eigenvalue weighted by Gasteiger charge is -1.98. The van der Waals surface area contributed by atoms with E-state index in [0.29, 0.717) is 6.54 Å². The maximum absolute atomic E-state index is 11.2. The highest BCUT2D eigenvalue weighted by Gasteiger charge is 2.10. The van der Waals surface area contributed by atoms with Crippen LogP contribution < -0.4 is 0 Å². The van der Waals surface area contributed by atoms with Gasteiger partial charge in [-0.3, -0.25) is 4.68 Å². The van der Waals surface area contributed by atoms with Crippen molar-refractivity contribution in [2.24, 2.45) is 0 Å². The van der Waals surface area contributed by atoms with Gasteiger partial charge in [0, 0.05) is 17.8 Å². The summed E-state index contributed by atoms with van der Waals surface area (Å²) in [6, 6.07) is 0. The van der Waals surface area contributed by atoms with Crippen molar-refractivity contribution in [3.63, 3.8) is 0 Å². The van der Waals surface area contributed by atoms with Gasteiger partial charge in [0.05, 0.1) is 24.5 Å². The van der Waals surface area contributed by atoms with Crippen molar-refractivity contribution in [1.82, 2.24) is 20.0 Å². The molecule has 0 radical (unpaired) electrons. The van der Waals surface area contributed by atoms with E-state index in [1.165, 1.54) is 12.0 Å². The zero-order chi connectivity index (χ0) is 12.3. The van der Waals surface area contributed by atoms with Crippen LogP contribution in [0, 0.1) is 6.92 Å². The van der Waals surface area contributed by atoms with Gasteiger partial charge in [-0.2, -0.15) is 0 Å². The average molecular weight is 252 g/mol. The number of carbonyl (C=O) groups excluding carboxylic acids is 1. The molecular formula is C10H12N4O2S. The summed E-state index contributed by atoms with van der Waals surface area (Å²) in [6.07, 6.45) is 2.42. The molecule has 7 heteroatoms. The van der Waals surface area contributed by atoms with Crippen LogP contribution in [0.3, 0.4) is 0 Å². The molecule has 0 saturated carbocycles. The molecule has 0 aliphatic carbocycles. The number of methoxy groups -OCH3 is 1. The lowest BCUT2D eigenvalue weighted by molar-refractivity contribution is 0.0594. The Hall–Kier alpha value is -1.76. The largest absolute Gasteiger partial charge is 0.464 e. The first-order chi connectivity index (χ1) is 8.20. The SMILES string of the molecule is COC(=O)c1cn(CCc2scnc2C)nn1. The van der Waals surface area contributed by atoms with Gasteiger partial charge in [0.15, 0.2) is 5.69 Å². The van der Waals surface area contributed by atoms with E-state index in [1.54, 1.807) is 22.2 Å². The van der Waals surface area contributed by atoms with Crippen LogP contribution in [0.4, 0.5) is 0 Å². The van der Waals surface area contributed by atoms with Crippen molar-refractivity contribution >= 4 is 17.3 Å². The minimum absolute atomic E-state index is 0.230. The minimum atomic E-state index is -0.467. The zero-order valence-electron chi connectivity index (χ0n) is 9.58. The molecule has 0 fully saturated rings. The van der Waals surface area contributed by atoms with E-state index in [4.69, 9.17) is 0 Å². The Morgan fingerprint density at radius 2 is 2.41 bits per heavy atom.